The third kappa shape index (κ3) is 3.66. The number of fused-ring (bicyclic) bond motifs is 1. The molecule has 2 aliphatic rings. The first-order chi connectivity index (χ1) is 13.0. The molecular formula is C21H26O6. The molecule has 3 rings (SSSR count). The zero-order valence-corrected chi connectivity index (χ0v) is 16.1. The van der Waals surface area contributed by atoms with Crippen molar-refractivity contribution in [2.75, 3.05) is 14.2 Å². The predicted molar refractivity (Wildman–Crippen MR) is 98.9 cm³/mol. The molecule has 1 aromatic rings. The Bertz CT molecular complexity index is 793. The van der Waals surface area contributed by atoms with Crippen molar-refractivity contribution in [2.45, 2.75) is 52.1 Å². The number of hydrogen-bond donors (Lipinski definition) is 1. The quantitative estimate of drug-likeness (QED) is 0.626. The van der Waals surface area contributed by atoms with Crippen molar-refractivity contribution in [2.24, 2.45) is 5.92 Å². The van der Waals surface area contributed by atoms with Gasteiger partial charge in [-0.3, -0.25) is 4.79 Å². The second-order valence-corrected chi connectivity index (χ2v) is 7.12. The van der Waals surface area contributed by atoms with Gasteiger partial charge in [-0.15, -0.1) is 0 Å². The first-order valence-corrected chi connectivity index (χ1v) is 9.32. The maximum absolute atomic E-state index is 12.0. The fraction of sp³-hybridized carbons (Fsp3) is 0.524. The number of esters is 2. The Labute approximate surface area is 159 Å². The van der Waals surface area contributed by atoms with Crippen LogP contribution in [0.15, 0.2) is 11.6 Å². The fourth-order valence-electron chi connectivity index (χ4n) is 4.16. The Morgan fingerprint density at radius 1 is 1.33 bits per heavy atom. The van der Waals surface area contributed by atoms with Crippen molar-refractivity contribution in [3.05, 3.63) is 33.9 Å². The van der Waals surface area contributed by atoms with Crippen LogP contribution >= 0.6 is 0 Å². The molecule has 0 radical (unpaired) electrons. The number of carbonyl (C=O) groups excluding carboxylic acids is 2. The lowest BCUT2D eigenvalue weighted by Gasteiger charge is -2.25. The van der Waals surface area contributed by atoms with Crippen LogP contribution < -0.4 is 4.74 Å². The largest absolute Gasteiger partial charge is 0.507 e. The average Bonchev–Trinajstić information content (AvgIpc) is 3.06. The number of phenolic OH excluding ortho intramolecular Hbond substituents is 1. The monoisotopic (exact) mass is 374 g/mol. The summed E-state index contributed by atoms with van der Waals surface area (Å²) in [5.41, 5.74) is 3.54. The van der Waals surface area contributed by atoms with Crippen LogP contribution in [0.5, 0.6) is 11.5 Å². The first-order valence-electron chi connectivity index (χ1n) is 9.32. The summed E-state index contributed by atoms with van der Waals surface area (Å²) >= 11 is 0. The van der Waals surface area contributed by atoms with E-state index in [2.05, 4.69) is 6.08 Å². The van der Waals surface area contributed by atoms with Crippen LogP contribution in [0.1, 0.15) is 59.2 Å². The van der Waals surface area contributed by atoms with E-state index in [1.807, 2.05) is 6.92 Å². The van der Waals surface area contributed by atoms with Crippen LogP contribution in [0.3, 0.4) is 0 Å². The molecule has 6 nitrogen and oxygen atoms in total. The zero-order chi connectivity index (χ0) is 19.6. The lowest BCUT2D eigenvalue weighted by atomic mass is 9.81. The van der Waals surface area contributed by atoms with E-state index in [1.165, 1.54) is 12.7 Å². The SMILES string of the molecule is COC(=O)CC1CCCCC1=CCc1c(O)c2c(c(C)c1OC)COC2=O. The number of aromatic hydroxyl groups is 1. The lowest BCUT2D eigenvalue weighted by Crippen LogP contribution is -2.16. The second kappa shape index (κ2) is 8.03. The number of benzene rings is 1. The lowest BCUT2D eigenvalue weighted by molar-refractivity contribution is -0.141. The van der Waals surface area contributed by atoms with E-state index in [-0.39, 0.29) is 29.8 Å². The number of hydrogen-bond acceptors (Lipinski definition) is 6. The normalized spacial score (nSPS) is 20.3. The van der Waals surface area contributed by atoms with Gasteiger partial charge in [0.15, 0.2) is 0 Å². The molecule has 0 aromatic heterocycles. The number of cyclic esters (lactones) is 1. The third-order valence-corrected chi connectivity index (χ3v) is 5.65. The van der Waals surface area contributed by atoms with Crippen LogP contribution in [0.4, 0.5) is 0 Å². The molecule has 1 heterocycles. The summed E-state index contributed by atoms with van der Waals surface area (Å²) in [6.07, 6.45) is 6.94. The summed E-state index contributed by atoms with van der Waals surface area (Å²) in [5.74, 6) is -0.0126. The Kier molecular flexibility index (Phi) is 5.73. The van der Waals surface area contributed by atoms with Crippen LogP contribution in [0.25, 0.3) is 0 Å². The Balaban J connectivity index is 1.94. The highest BCUT2D eigenvalue weighted by Crippen LogP contribution is 2.42. The summed E-state index contributed by atoms with van der Waals surface area (Å²) in [7, 11) is 2.97. The minimum Gasteiger partial charge on any atom is -0.507 e. The molecule has 0 bridgehead atoms. The highest BCUT2D eigenvalue weighted by molar-refractivity contribution is 5.98. The van der Waals surface area contributed by atoms with E-state index in [0.717, 1.165) is 31.2 Å². The summed E-state index contributed by atoms with van der Waals surface area (Å²) in [4.78, 5) is 23.7. The number of phenols is 1. The van der Waals surface area contributed by atoms with Crippen LogP contribution in [-0.4, -0.2) is 31.3 Å². The third-order valence-electron chi connectivity index (χ3n) is 5.65. The van der Waals surface area contributed by atoms with Gasteiger partial charge in [-0.25, -0.2) is 4.79 Å². The van der Waals surface area contributed by atoms with Gasteiger partial charge in [-0.2, -0.15) is 0 Å². The number of rotatable bonds is 5. The molecule has 1 unspecified atom stereocenters. The van der Waals surface area contributed by atoms with Crippen LogP contribution in [0, 0.1) is 12.8 Å². The highest BCUT2D eigenvalue weighted by Gasteiger charge is 2.32. The Morgan fingerprint density at radius 3 is 2.81 bits per heavy atom. The fourth-order valence-corrected chi connectivity index (χ4v) is 4.16. The van der Waals surface area contributed by atoms with Gasteiger partial charge in [-0.1, -0.05) is 18.1 Å². The Morgan fingerprint density at radius 2 is 2.11 bits per heavy atom. The van der Waals surface area contributed by atoms with E-state index in [9.17, 15) is 14.7 Å². The van der Waals surface area contributed by atoms with E-state index in [0.29, 0.717) is 29.7 Å². The second-order valence-electron chi connectivity index (χ2n) is 7.12. The summed E-state index contributed by atoms with van der Waals surface area (Å²) in [6, 6.07) is 0. The van der Waals surface area contributed by atoms with Crippen LogP contribution in [-0.2, 0) is 27.3 Å². The number of methoxy groups -OCH3 is 2. The first kappa shape index (κ1) is 19.3. The maximum Gasteiger partial charge on any atom is 0.342 e. The Hall–Kier alpha value is -2.50. The van der Waals surface area contributed by atoms with Crippen LogP contribution in [0.2, 0.25) is 0 Å². The van der Waals surface area contributed by atoms with Gasteiger partial charge in [-0.05, 0) is 44.1 Å². The van der Waals surface area contributed by atoms with E-state index in [4.69, 9.17) is 14.2 Å². The standard InChI is InChI=1S/C21H26O6/c1-12-16-11-27-21(24)18(16)19(23)15(20(12)26-3)9-8-13-6-4-5-7-14(13)10-17(22)25-2/h8,14,23H,4-7,9-11H2,1-3H3. The van der Waals surface area contributed by atoms with E-state index < -0.39 is 5.97 Å². The van der Waals surface area contributed by atoms with Crippen molar-refractivity contribution in [3.63, 3.8) is 0 Å². The molecule has 146 valence electrons. The predicted octanol–water partition coefficient (Wildman–Crippen LogP) is 3.60. The minimum absolute atomic E-state index is 0.0628. The average molecular weight is 374 g/mol. The zero-order valence-electron chi connectivity index (χ0n) is 16.1. The molecule has 1 fully saturated rings. The number of carbonyl (C=O) groups is 2. The van der Waals surface area contributed by atoms with Crippen molar-refractivity contribution >= 4 is 11.9 Å². The summed E-state index contributed by atoms with van der Waals surface area (Å²) in [5, 5.41) is 10.7. The smallest absolute Gasteiger partial charge is 0.342 e. The topological polar surface area (TPSA) is 82.1 Å². The molecule has 0 spiro atoms. The molecule has 1 atom stereocenters. The maximum atomic E-state index is 12.0. The molecule has 1 aliphatic carbocycles. The van der Waals surface area contributed by atoms with E-state index in [1.54, 1.807) is 7.11 Å². The molecule has 0 amide bonds. The molecule has 1 aromatic carbocycles. The number of ether oxygens (including phenoxy) is 3. The molecule has 1 N–H and O–H groups in total. The molecule has 6 heteroatoms. The van der Waals surface area contributed by atoms with Crippen molar-refractivity contribution < 1.29 is 28.9 Å². The van der Waals surface area contributed by atoms with Gasteiger partial charge in [0.05, 0.1) is 20.6 Å². The van der Waals surface area contributed by atoms with Gasteiger partial charge in [0.2, 0.25) is 0 Å². The molecule has 0 saturated heterocycles. The van der Waals surface area contributed by atoms with E-state index >= 15 is 0 Å². The molecular weight excluding hydrogens is 348 g/mol. The highest BCUT2D eigenvalue weighted by atomic mass is 16.5. The van der Waals surface area contributed by atoms with Gasteiger partial charge < -0.3 is 19.3 Å². The van der Waals surface area contributed by atoms with Gasteiger partial charge in [0.25, 0.3) is 0 Å². The van der Waals surface area contributed by atoms with Crippen molar-refractivity contribution in [3.8, 4) is 11.5 Å². The number of allylic oxidation sites excluding steroid dienone is 2. The summed E-state index contributed by atoms with van der Waals surface area (Å²) in [6.45, 7) is 2.03. The van der Waals surface area contributed by atoms with Gasteiger partial charge >= 0.3 is 11.9 Å². The molecule has 1 saturated carbocycles. The van der Waals surface area contributed by atoms with Gasteiger partial charge in [0.1, 0.15) is 23.7 Å². The molecule has 27 heavy (non-hydrogen) atoms. The molecule has 1 aliphatic heterocycles. The van der Waals surface area contributed by atoms with Crippen molar-refractivity contribution in [1.29, 1.82) is 0 Å². The minimum atomic E-state index is -0.497. The van der Waals surface area contributed by atoms with Crippen molar-refractivity contribution in [1.82, 2.24) is 0 Å². The summed E-state index contributed by atoms with van der Waals surface area (Å²) < 4.78 is 15.4. The van der Waals surface area contributed by atoms with Gasteiger partial charge in [0, 0.05) is 11.1 Å².